The fraction of sp³-hybridized carbons (Fsp3) is 0.538. The average molecular weight is 284 g/mol. The van der Waals surface area contributed by atoms with Gasteiger partial charge in [-0.05, 0) is 25.6 Å². The standard InChI is InChI=1S/C13H18ClN3O2/c1-3-9-8-17(7-6-16(9)2)11-5-4-10(14)12(15-11)13(18)19/h4-5,9H,3,6-8H2,1-2H3,(H,18,19). The molecule has 2 heterocycles. The van der Waals surface area contributed by atoms with Crippen LogP contribution in [0.1, 0.15) is 23.8 Å². The summed E-state index contributed by atoms with van der Waals surface area (Å²) in [5, 5.41) is 9.23. The first-order valence-electron chi connectivity index (χ1n) is 6.38. The van der Waals surface area contributed by atoms with Crippen LogP contribution in [-0.4, -0.2) is 53.7 Å². The monoisotopic (exact) mass is 283 g/mol. The summed E-state index contributed by atoms with van der Waals surface area (Å²) in [6.07, 6.45) is 1.06. The molecular formula is C13H18ClN3O2. The first kappa shape index (κ1) is 14.1. The lowest BCUT2D eigenvalue weighted by Crippen LogP contribution is -2.51. The van der Waals surface area contributed by atoms with Crippen molar-refractivity contribution >= 4 is 23.4 Å². The molecule has 1 aromatic heterocycles. The van der Waals surface area contributed by atoms with Gasteiger partial charge in [-0.2, -0.15) is 0 Å². The van der Waals surface area contributed by atoms with Crippen LogP contribution in [0.15, 0.2) is 12.1 Å². The Morgan fingerprint density at radius 1 is 1.53 bits per heavy atom. The van der Waals surface area contributed by atoms with Crippen LogP contribution in [0, 0.1) is 0 Å². The van der Waals surface area contributed by atoms with E-state index in [2.05, 4.69) is 28.8 Å². The van der Waals surface area contributed by atoms with Crippen LogP contribution >= 0.6 is 11.6 Å². The van der Waals surface area contributed by atoms with Gasteiger partial charge in [-0.15, -0.1) is 0 Å². The molecule has 5 nitrogen and oxygen atoms in total. The van der Waals surface area contributed by atoms with E-state index in [0.29, 0.717) is 11.9 Å². The number of anilines is 1. The Morgan fingerprint density at radius 3 is 2.89 bits per heavy atom. The minimum atomic E-state index is -1.09. The quantitative estimate of drug-likeness (QED) is 0.919. The Balaban J connectivity index is 2.22. The summed E-state index contributed by atoms with van der Waals surface area (Å²) in [6.45, 7) is 4.81. The van der Waals surface area contributed by atoms with Crippen LogP contribution in [0.3, 0.4) is 0 Å². The van der Waals surface area contributed by atoms with Gasteiger partial charge in [0.15, 0.2) is 5.69 Å². The Morgan fingerprint density at radius 2 is 2.26 bits per heavy atom. The van der Waals surface area contributed by atoms with E-state index < -0.39 is 5.97 Å². The van der Waals surface area contributed by atoms with E-state index in [-0.39, 0.29) is 10.7 Å². The molecule has 1 aromatic rings. The van der Waals surface area contributed by atoms with E-state index in [1.165, 1.54) is 0 Å². The minimum absolute atomic E-state index is 0.0776. The number of likely N-dealkylation sites (N-methyl/N-ethyl adjacent to an activating group) is 1. The summed E-state index contributed by atoms with van der Waals surface area (Å²) in [7, 11) is 2.11. The van der Waals surface area contributed by atoms with Gasteiger partial charge in [0.2, 0.25) is 0 Å². The third-order valence-electron chi connectivity index (χ3n) is 3.61. The highest BCUT2D eigenvalue weighted by molar-refractivity contribution is 6.33. The summed E-state index contributed by atoms with van der Waals surface area (Å²) < 4.78 is 0. The fourth-order valence-electron chi connectivity index (χ4n) is 2.35. The van der Waals surface area contributed by atoms with Crippen molar-refractivity contribution in [1.82, 2.24) is 9.88 Å². The van der Waals surface area contributed by atoms with E-state index in [1.807, 2.05) is 0 Å². The molecule has 0 aromatic carbocycles. The number of hydrogen-bond acceptors (Lipinski definition) is 4. The van der Waals surface area contributed by atoms with Crippen molar-refractivity contribution in [3.05, 3.63) is 22.8 Å². The normalized spacial score (nSPS) is 20.6. The number of carbonyl (C=O) groups is 1. The SMILES string of the molecule is CCC1CN(c2ccc(Cl)c(C(=O)O)n2)CCN1C. The highest BCUT2D eigenvalue weighted by Crippen LogP contribution is 2.22. The average Bonchev–Trinajstić information content (AvgIpc) is 2.39. The molecule has 1 fully saturated rings. The summed E-state index contributed by atoms with van der Waals surface area (Å²) in [6, 6.07) is 3.86. The van der Waals surface area contributed by atoms with Crippen molar-refractivity contribution in [2.45, 2.75) is 19.4 Å². The van der Waals surface area contributed by atoms with Crippen molar-refractivity contribution < 1.29 is 9.90 Å². The molecule has 2 rings (SSSR count). The molecule has 1 atom stereocenters. The first-order chi connectivity index (χ1) is 9.02. The van der Waals surface area contributed by atoms with E-state index in [9.17, 15) is 4.79 Å². The molecule has 6 heteroatoms. The maximum atomic E-state index is 11.1. The van der Waals surface area contributed by atoms with Gasteiger partial charge in [0.1, 0.15) is 5.82 Å². The van der Waals surface area contributed by atoms with Crippen molar-refractivity contribution in [2.24, 2.45) is 0 Å². The Bertz CT molecular complexity index is 481. The highest BCUT2D eigenvalue weighted by Gasteiger charge is 2.24. The largest absolute Gasteiger partial charge is 0.476 e. The van der Waals surface area contributed by atoms with E-state index in [0.717, 1.165) is 26.1 Å². The maximum absolute atomic E-state index is 11.1. The van der Waals surface area contributed by atoms with Crippen LogP contribution in [0.2, 0.25) is 5.02 Å². The van der Waals surface area contributed by atoms with Crippen molar-refractivity contribution in [3.63, 3.8) is 0 Å². The molecule has 1 N–H and O–H groups in total. The molecule has 0 spiro atoms. The predicted octanol–water partition coefficient (Wildman–Crippen LogP) is 1.96. The smallest absolute Gasteiger partial charge is 0.356 e. The third kappa shape index (κ3) is 2.98. The van der Waals surface area contributed by atoms with Crippen molar-refractivity contribution in [3.8, 4) is 0 Å². The van der Waals surface area contributed by atoms with E-state index in [1.54, 1.807) is 12.1 Å². The maximum Gasteiger partial charge on any atom is 0.356 e. The van der Waals surface area contributed by atoms with Gasteiger partial charge in [0.05, 0.1) is 5.02 Å². The molecule has 0 aliphatic carbocycles. The third-order valence-corrected chi connectivity index (χ3v) is 3.91. The van der Waals surface area contributed by atoms with Crippen LogP contribution in [0.4, 0.5) is 5.82 Å². The number of carboxylic acids is 1. The van der Waals surface area contributed by atoms with E-state index in [4.69, 9.17) is 16.7 Å². The number of piperazine rings is 1. The number of hydrogen-bond donors (Lipinski definition) is 1. The second-order valence-electron chi connectivity index (χ2n) is 4.79. The molecule has 1 aliphatic heterocycles. The molecule has 1 saturated heterocycles. The van der Waals surface area contributed by atoms with Crippen LogP contribution in [0.25, 0.3) is 0 Å². The minimum Gasteiger partial charge on any atom is -0.476 e. The summed E-state index contributed by atoms with van der Waals surface area (Å²) >= 11 is 5.84. The fourth-order valence-corrected chi connectivity index (χ4v) is 2.54. The lowest BCUT2D eigenvalue weighted by molar-refractivity contribution is 0.0690. The Labute approximate surface area is 117 Å². The van der Waals surface area contributed by atoms with Gasteiger partial charge in [-0.1, -0.05) is 18.5 Å². The molecule has 0 bridgehead atoms. The van der Waals surface area contributed by atoms with E-state index >= 15 is 0 Å². The number of aromatic carboxylic acids is 1. The summed E-state index contributed by atoms with van der Waals surface area (Å²) in [5.74, 6) is -0.402. The molecule has 0 amide bonds. The zero-order valence-corrected chi connectivity index (χ0v) is 11.9. The number of pyridine rings is 1. The van der Waals surface area contributed by atoms with Gasteiger partial charge in [-0.3, -0.25) is 4.90 Å². The van der Waals surface area contributed by atoms with Gasteiger partial charge >= 0.3 is 5.97 Å². The summed E-state index contributed by atoms with van der Waals surface area (Å²) in [5.41, 5.74) is -0.0776. The predicted molar refractivity (Wildman–Crippen MR) is 75.1 cm³/mol. The topological polar surface area (TPSA) is 56.7 Å². The van der Waals surface area contributed by atoms with Gasteiger partial charge in [-0.25, -0.2) is 9.78 Å². The van der Waals surface area contributed by atoms with Crippen LogP contribution < -0.4 is 4.90 Å². The zero-order valence-electron chi connectivity index (χ0n) is 11.1. The second-order valence-corrected chi connectivity index (χ2v) is 5.20. The molecule has 1 unspecified atom stereocenters. The number of rotatable bonds is 3. The number of nitrogens with zero attached hydrogens (tertiary/aromatic N) is 3. The lowest BCUT2D eigenvalue weighted by Gasteiger charge is -2.39. The Hall–Kier alpha value is -1.33. The van der Waals surface area contributed by atoms with Crippen LogP contribution in [-0.2, 0) is 0 Å². The molecule has 1 aliphatic rings. The first-order valence-corrected chi connectivity index (χ1v) is 6.75. The van der Waals surface area contributed by atoms with Crippen LogP contribution in [0.5, 0.6) is 0 Å². The molecule has 19 heavy (non-hydrogen) atoms. The highest BCUT2D eigenvalue weighted by atomic mass is 35.5. The van der Waals surface area contributed by atoms with Crippen molar-refractivity contribution in [2.75, 3.05) is 31.6 Å². The molecular weight excluding hydrogens is 266 g/mol. The number of carboxylic acid groups (broad SMARTS) is 1. The zero-order chi connectivity index (χ0) is 14.0. The van der Waals surface area contributed by atoms with Gasteiger partial charge < -0.3 is 10.0 Å². The number of aromatic nitrogens is 1. The van der Waals surface area contributed by atoms with Gasteiger partial charge in [0.25, 0.3) is 0 Å². The molecule has 0 radical (unpaired) electrons. The molecule has 0 saturated carbocycles. The number of halogens is 1. The summed E-state index contributed by atoms with van der Waals surface area (Å²) in [4.78, 5) is 19.7. The van der Waals surface area contributed by atoms with Crippen molar-refractivity contribution in [1.29, 1.82) is 0 Å². The molecule has 104 valence electrons. The lowest BCUT2D eigenvalue weighted by atomic mass is 10.1. The Kier molecular flexibility index (Phi) is 4.27. The van der Waals surface area contributed by atoms with Gasteiger partial charge in [0, 0.05) is 25.7 Å². The second kappa shape index (κ2) is 5.75.